The molecule has 2 rings (SSSR count). The maximum absolute atomic E-state index is 11.9. The number of carbonyl (C=O) groups excluding carboxylic acids is 1. The van der Waals surface area contributed by atoms with E-state index < -0.39 is 0 Å². The molecule has 2 aliphatic heterocycles. The summed E-state index contributed by atoms with van der Waals surface area (Å²) >= 11 is 0. The highest BCUT2D eigenvalue weighted by atomic mass is 16.3. The van der Waals surface area contributed by atoms with Crippen LogP contribution in [-0.4, -0.2) is 48.2 Å². The minimum absolute atomic E-state index is 0.153. The van der Waals surface area contributed by atoms with E-state index in [2.05, 4.69) is 5.32 Å². The van der Waals surface area contributed by atoms with Gasteiger partial charge in [0, 0.05) is 19.6 Å². The lowest BCUT2D eigenvalue weighted by Crippen LogP contribution is -2.45. The maximum Gasteiger partial charge on any atom is 0.227 e. The molecule has 4 nitrogen and oxygen atoms in total. The molecule has 0 unspecified atom stereocenters. The Labute approximate surface area is 84.3 Å². The lowest BCUT2D eigenvalue weighted by molar-refractivity contribution is -0.137. The first kappa shape index (κ1) is 9.93. The Morgan fingerprint density at radius 2 is 2.29 bits per heavy atom. The number of amides is 1. The molecule has 0 radical (unpaired) electrons. The average molecular weight is 198 g/mol. The van der Waals surface area contributed by atoms with Crippen LogP contribution in [-0.2, 0) is 4.79 Å². The highest BCUT2D eigenvalue weighted by molar-refractivity contribution is 5.79. The van der Waals surface area contributed by atoms with Crippen molar-refractivity contribution in [1.29, 1.82) is 0 Å². The van der Waals surface area contributed by atoms with Crippen LogP contribution in [0.2, 0.25) is 0 Å². The quantitative estimate of drug-likeness (QED) is 0.601. The average Bonchev–Trinajstić information content (AvgIpc) is 2.69. The van der Waals surface area contributed by atoms with Crippen molar-refractivity contribution in [1.82, 2.24) is 10.2 Å². The zero-order chi connectivity index (χ0) is 9.97. The largest absolute Gasteiger partial charge is 0.391 e. The normalized spacial score (nSPS) is 33.4. The Morgan fingerprint density at radius 3 is 2.93 bits per heavy atom. The van der Waals surface area contributed by atoms with Crippen molar-refractivity contribution < 1.29 is 9.90 Å². The first-order valence-electron chi connectivity index (χ1n) is 5.45. The molecule has 2 saturated heterocycles. The third-order valence-electron chi connectivity index (χ3n) is 3.12. The zero-order valence-corrected chi connectivity index (χ0v) is 8.41. The summed E-state index contributed by atoms with van der Waals surface area (Å²) in [5, 5.41) is 12.7. The van der Waals surface area contributed by atoms with Crippen LogP contribution in [0.25, 0.3) is 0 Å². The van der Waals surface area contributed by atoms with Gasteiger partial charge in [0.05, 0.1) is 12.0 Å². The standard InChI is InChI=1S/C10H18N2O2/c13-9-2-1-5-12(7-9)10(14)8-3-4-11-6-8/h8-9,11,13H,1-7H2/t8-,9+/m1/s1. The molecule has 2 fully saturated rings. The molecule has 1 amide bonds. The molecule has 80 valence electrons. The van der Waals surface area contributed by atoms with Crippen LogP contribution < -0.4 is 5.32 Å². The van der Waals surface area contributed by atoms with Gasteiger partial charge in [0.2, 0.25) is 5.91 Å². The van der Waals surface area contributed by atoms with Gasteiger partial charge in [0.1, 0.15) is 0 Å². The molecule has 0 aromatic heterocycles. The van der Waals surface area contributed by atoms with Crippen LogP contribution in [0.5, 0.6) is 0 Å². The van der Waals surface area contributed by atoms with E-state index in [-0.39, 0.29) is 17.9 Å². The number of likely N-dealkylation sites (tertiary alicyclic amines) is 1. The summed E-state index contributed by atoms with van der Waals surface area (Å²) in [5.41, 5.74) is 0. The Kier molecular flexibility index (Phi) is 3.03. The van der Waals surface area contributed by atoms with Crippen LogP contribution in [0.1, 0.15) is 19.3 Å². The second kappa shape index (κ2) is 4.28. The van der Waals surface area contributed by atoms with Gasteiger partial charge >= 0.3 is 0 Å². The predicted octanol–water partition coefficient (Wildman–Crippen LogP) is -0.421. The van der Waals surface area contributed by atoms with Crippen molar-refractivity contribution in [2.24, 2.45) is 5.92 Å². The monoisotopic (exact) mass is 198 g/mol. The summed E-state index contributed by atoms with van der Waals surface area (Å²) in [6.07, 6.45) is 2.42. The fourth-order valence-corrected chi connectivity index (χ4v) is 2.28. The topological polar surface area (TPSA) is 52.6 Å². The van der Waals surface area contributed by atoms with Crippen molar-refractivity contribution in [2.75, 3.05) is 26.2 Å². The third-order valence-corrected chi connectivity index (χ3v) is 3.12. The third kappa shape index (κ3) is 2.07. The van der Waals surface area contributed by atoms with Crippen molar-refractivity contribution in [3.8, 4) is 0 Å². The highest BCUT2D eigenvalue weighted by Gasteiger charge is 2.29. The number of carbonyl (C=O) groups is 1. The van der Waals surface area contributed by atoms with E-state index in [9.17, 15) is 9.90 Å². The van der Waals surface area contributed by atoms with Crippen LogP contribution in [0.3, 0.4) is 0 Å². The van der Waals surface area contributed by atoms with Crippen LogP contribution in [0.4, 0.5) is 0 Å². The SMILES string of the molecule is O=C([C@@H]1CCNC1)N1CCC[C@H](O)C1. The van der Waals surface area contributed by atoms with Gasteiger partial charge in [-0.1, -0.05) is 0 Å². The number of nitrogens with zero attached hydrogens (tertiary/aromatic N) is 1. The molecule has 0 aliphatic carbocycles. The Morgan fingerprint density at radius 1 is 1.43 bits per heavy atom. The van der Waals surface area contributed by atoms with E-state index in [1.165, 1.54) is 0 Å². The van der Waals surface area contributed by atoms with Crippen molar-refractivity contribution in [3.63, 3.8) is 0 Å². The number of nitrogens with one attached hydrogen (secondary N) is 1. The summed E-state index contributed by atoms with van der Waals surface area (Å²) in [6.45, 7) is 3.12. The lowest BCUT2D eigenvalue weighted by Gasteiger charge is -2.31. The van der Waals surface area contributed by atoms with E-state index in [1.54, 1.807) is 0 Å². The predicted molar refractivity (Wildman–Crippen MR) is 52.8 cm³/mol. The molecule has 4 heteroatoms. The smallest absolute Gasteiger partial charge is 0.227 e. The van der Waals surface area contributed by atoms with Gasteiger partial charge < -0.3 is 15.3 Å². The molecular formula is C10H18N2O2. The van der Waals surface area contributed by atoms with Gasteiger partial charge in [-0.25, -0.2) is 0 Å². The van der Waals surface area contributed by atoms with Crippen molar-refractivity contribution in [3.05, 3.63) is 0 Å². The van der Waals surface area contributed by atoms with Gasteiger partial charge in [0.25, 0.3) is 0 Å². The number of piperidine rings is 1. The molecule has 2 N–H and O–H groups in total. The first-order valence-corrected chi connectivity index (χ1v) is 5.45. The number of aliphatic hydroxyl groups excluding tert-OH is 1. The highest BCUT2D eigenvalue weighted by Crippen LogP contribution is 2.16. The lowest BCUT2D eigenvalue weighted by atomic mass is 10.0. The molecule has 2 heterocycles. The number of aliphatic hydroxyl groups is 1. The van der Waals surface area contributed by atoms with Gasteiger partial charge in [-0.15, -0.1) is 0 Å². The van der Waals surface area contributed by atoms with Crippen LogP contribution in [0.15, 0.2) is 0 Å². The molecular weight excluding hydrogens is 180 g/mol. The molecule has 0 saturated carbocycles. The molecule has 14 heavy (non-hydrogen) atoms. The summed E-state index contributed by atoms with van der Waals surface area (Å²) in [7, 11) is 0. The molecule has 2 atom stereocenters. The summed E-state index contributed by atoms with van der Waals surface area (Å²) in [5.74, 6) is 0.383. The first-order chi connectivity index (χ1) is 6.77. The van der Waals surface area contributed by atoms with Gasteiger partial charge in [-0.05, 0) is 25.8 Å². The fourth-order valence-electron chi connectivity index (χ4n) is 2.28. The van der Waals surface area contributed by atoms with E-state index in [0.29, 0.717) is 6.54 Å². The van der Waals surface area contributed by atoms with E-state index in [0.717, 1.165) is 38.9 Å². The van der Waals surface area contributed by atoms with E-state index >= 15 is 0 Å². The number of hydrogen-bond acceptors (Lipinski definition) is 3. The Bertz CT molecular complexity index is 214. The molecule has 0 bridgehead atoms. The van der Waals surface area contributed by atoms with Crippen LogP contribution in [0, 0.1) is 5.92 Å². The Hall–Kier alpha value is -0.610. The maximum atomic E-state index is 11.9. The van der Waals surface area contributed by atoms with E-state index in [4.69, 9.17) is 0 Å². The zero-order valence-electron chi connectivity index (χ0n) is 8.41. The van der Waals surface area contributed by atoms with Gasteiger partial charge in [-0.3, -0.25) is 4.79 Å². The van der Waals surface area contributed by atoms with Crippen molar-refractivity contribution in [2.45, 2.75) is 25.4 Å². The van der Waals surface area contributed by atoms with Crippen molar-refractivity contribution >= 4 is 5.91 Å². The molecule has 0 aromatic carbocycles. The molecule has 0 spiro atoms. The Balaban J connectivity index is 1.89. The second-order valence-electron chi connectivity index (χ2n) is 4.27. The molecule has 0 aromatic rings. The number of hydrogen-bond donors (Lipinski definition) is 2. The summed E-state index contributed by atoms with van der Waals surface area (Å²) < 4.78 is 0. The second-order valence-corrected chi connectivity index (χ2v) is 4.27. The summed E-state index contributed by atoms with van der Waals surface area (Å²) in [4.78, 5) is 13.7. The molecule has 2 aliphatic rings. The minimum Gasteiger partial charge on any atom is -0.391 e. The fraction of sp³-hybridized carbons (Fsp3) is 0.900. The minimum atomic E-state index is -0.304. The van der Waals surface area contributed by atoms with E-state index in [1.807, 2.05) is 4.90 Å². The number of β-amino-alcohol motifs (C(OH)–C–C–N with tert-alkyl or cyclic N) is 1. The van der Waals surface area contributed by atoms with Gasteiger partial charge in [-0.2, -0.15) is 0 Å². The number of rotatable bonds is 1. The van der Waals surface area contributed by atoms with Crippen LogP contribution >= 0.6 is 0 Å². The summed E-state index contributed by atoms with van der Waals surface area (Å²) in [6, 6.07) is 0. The van der Waals surface area contributed by atoms with Gasteiger partial charge in [0.15, 0.2) is 0 Å².